The van der Waals surface area contributed by atoms with Crippen molar-refractivity contribution >= 4 is 5.82 Å². The number of hydrogen-bond donors (Lipinski definition) is 2. The highest BCUT2D eigenvalue weighted by atomic mass is 19.1. The molecular weight excluding hydrogens is 324 g/mol. The molecule has 0 aliphatic carbocycles. The number of rotatable bonds is 6. The fourth-order valence-corrected chi connectivity index (χ4v) is 3.09. The van der Waals surface area contributed by atoms with Gasteiger partial charge in [0, 0.05) is 31.9 Å². The van der Waals surface area contributed by atoms with E-state index in [4.69, 9.17) is 0 Å². The summed E-state index contributed by atoms with van der Waals surface area (Å²) in [4.78, 5) is 6.73. The highest BCUT2D eigenvalue weighted by Crippen LogP contribution is 2.23. The number of nitrogens with zero attached hydrogens (tertiary/aromatic N) is 2. The maximum absolute atomic E-state index is 13.8. The average Bonchev–Trinajstić information content (AvgIpc) is 3.14. The van der Waals surface area contributed by atoms with Crippen LogP contribution in [0.4, 0.5) is 14.6 Å². The monoisotopic (exact) mass is 347 g/mol. The van der Waals surface area contributed by atoms with Gasteiger partial charge in [0.2, 0.25) is 0 Å². The van der Waals surface area contributed by atoms with Crippen molar-refractivity contribution in [1.29, 1.82) is 0 Å². The maximum atomic E-state index is 13.8. The summed E-state index contributed by atoms with van der Waals surface area (Å²) >= 11 is 0. The third-order valence-corrected chi connectivity index (χ3v) is 4.64. The highest BCUT2D eigenvalue weighted by molar-refractivity contribution is 5.40. The highest BCUT2D eigenvalue weighted by Gasteiger charge is 2.23. The Kier molecular flexibility index (Phi) is 5.60. The zero-order chi connectivity index (χ0) is 17.8. The lowest BCUT2D eigenvalue weighted by molar-refractivity contribution is 0.127. The van der Waals surface area contributed by atoms with Crippen molar-refractivity contribution in [3.8, 4) is 0 Å². The van der Waals surface area contributed by atoms with Crippen molar-refractivity contribution in [1.82, 2.24) is 10.3 Å². The zero-order valence-corrected chi connectivity index (χ0v) is 14.3. The molecule has 1 aliphatic rings. The Morgan fingerprint density at radius 2 is 1.84 bits per heavy atom. The van der Waals surface area contributed by atoms with Crippen LogP contribution in [0.25, 0.3) is 0 Å². The molecule has 25 heavy (non-hydrogen) atoms. The van der Waals surface area contributed by atoms with E-state index in [0.29, 0.717) is 6.54 Å². The average molecular weight is 347 g/mol. The van der Waals surface area contributed by atoms with Gasteiger partial charge in [-0.05, 0) is 43.5 Å². The molecule has 0 amide bonds. The molecule has 6 heteroatoms. The van der Waals surface area contributed by atoms with E-state index < -0.39 is 23.8 Å². The van der Waals surface area contributed by atoms with Crippen LogP contribution in [-0.2, 0) is 6.54 Å². The fraction of sp³-hybridized carbons (Fsp3) is 0.421. The molecule has 1 fully saturated rings. The van der Waals surface area contributed by atoms with Gasteiger partial charge in [-0.15, -0.1) is 0 Å². The number of halogens is 2. The summed E-state index contributed by atoms with van der Waals surface area (Å²) in [5.74, 6) is -0.502. The number of anilines is 1. The van der Waals surface area contributed by atoms with Gasteiger partial charge in [-0.2, -0.15) is 0 Å². The second-order valence-electron chi connectivity index (χ2n) is 6.47. The number of pyridine rings is 1. The first-order valence-corrected chi connectivity index (χ1v) is 8.61. The van der Waals surface area contributed by atoms with Crippen LogP contribution in [0, 0.1) is 11.6 Å². The summed E-state index contributed by atoms with van der Waals surface area (Å²) in [6.45, 7) is 4.24. The van der Waals surface area contributed by atoms with Crippen molar-refractivity contribution in [3.63, 3.8) is 0 Å². The molecule has 1 aliphatic heterocycles. The standard InChI is InChI=1S/C19H23F2N3O/c1-13(19(25)18-15(20)5-4-6-16(18)21)22-11-14-7-8-17(23-12-14)24-9-2-3-10-24/h4-8,12-13,19,22,25H,2-3,9-11H2,1H3/t13-,19-/m0/s1. The molecule has 2 heterocycles. The lowest BCUT2D eigenvalue weighted by Crippen LogP contribution is -2.32. The number of aliphatic hydroxyl groups is 1. The van der Waals surface area contributed by atoms with Gasteiger partial charge in [0.1, 0.15) is 17.5 Å². The molecule has 0 bridgehead atoms. The molecule has 1 aromatic heterocycles. The number of aromatic nitrogens is 1. The first-order chi connectivity index (χ1) is 12.1. The third kappa shape index (κ3) is 4.14. The SMILES string of the molecule is C[C@H](NCc1ccc(N2CCCC2)nc1)[C@H](O)c1c(F)cccc1F. The van der Waals surface area contributed by atoms with E-state index in [1.807, 2.05) is 12.1 Å². The van der Waals surface area contributed by atoms with Crippen LogP contribution in [0.2, 0.25) is 0 Å². The summed E-state index contributed by atoms with van der Waals surface area (Å²) in [5, 5.41) is 13.4. The summed E-state index contributed by atoms with van der Waals surface area (Å²) in [5.41, 5.74) is 0.654. The van der Waals surface area contributed by atoms with Crippen molar-refractivity contribution in [2.24, 2.45) is 0 Å². The minimum atomic E-state index is -1.27. The van der Waals surface area contributed by atoms with Gasteiger partial charge in [-0.1, -0.05) is 12.1 Å². The molecule has 134 valence electrons. The topological polar surface area (TPSA) is 48.4 Å². The predicted octanol–water partition coefficient (Wildman–Crippen LogP) is 3.17. The first kappa shape index (κ1) is 17.8. The second kappa shape index (κ2) is 7.89. The Bertz CT molecular complexity index is 682. The molecule has 2 atom stereocenters. The first-order valence-electron chi connectivity index (χ1n) is 8.61. The Morgan fingerprint density at radius 1 is 1.16 bits per heavy atom. The Labute approximate surface area is 146 Å². The molecule has 2 N–H and O–H groups in total. The van der Waals surface area contributed by atoms with Crippen molar-refractivity contribution in [2.75, 3.05) is 18.0 Å². The van der Waals surface area contributed by atoms with Crippen molar-refractivity contribution < 1.29 is 13.9 Å². The van der Waals surface area contributed by atoms with Gasteiger partial charge in [0.25, 0.3) is 0 Å². The largest absolute Gasteiger partial charge is 0.387 e. The third-order valence-electron chi connectivity index (χ3n) is 4.64. The molecule has 0 saturated carbocycles. The lowest BCUT2D eigenvalue weighted by Gasteiger charge is -2.22. The normalized spacial score (nSPS) is 16.9. The van der Waals surface area contributed by atoms with Gasteiger partial charge >= 0.3 is 0 Å². The summed E-state index contributed by atoms with van der Waals surface area (Å²) < 4.78 is 27.5. The Hall–Kier alpha value is -2.05. The smallest absolute Gasteiger partial charge is 0.132 e. The van der Waals surface area contributed by atoms with E-state index in [1.165, 1.54) is 18.9 Å². The number of aliphatic hydroxyl groups excluding tert-OH is 1. The fourth-order valence-electron chi connectivity index (χ4n) is 3.09. The summed E-state index contributed by atoms with van der Waals surface area (Å²) in [7, 11) is 0. The molecule has 1 saturated heterocycles. The van der Waals surface area contributed by atoms with Crippen LogP contribution in [0.15, 0.2) is 36.5 Å². The molecule has 0 spiro atoms. The minimum Gasteiger partial charge on any atom is -0.387 e. The maximum Gasteiger partial charge on any atom is 0.132 e. The van der Waals surface area contributed by atoms with Crippen LogP contribution in [0.3, 0.4) is 0 Å². The molecule has 1 aromatic carbocycles. The zero-order valence-electron chi connectivity index (χ0n) is 14.3. The van der Waals surface area contributed by atoms with Gasteiger partial charge in [0.05, 0.1) is 11.7 Å². The Balaban J connectivity index is 1.59. The molecule has 4 nitrogen and oxygen atoms in total. The number of hydrogen-bond acceptors (Lipinski definition) is 4. The lowest BCUT2D eigenvalue weighted by atomic mass is 10.0. The minimum absolute atomic E-state index is 0.301. The van der Waals surface area contributed by atoms with Crippen LogP contribution in [0.5, 0.6) is 0 Å². The van der Waals surface area contributed by atoms with E-state index in [-0.39, 0.29) is 5.56 Å². The molecule has 2 aromatic rings. The molecule has 0 radical (unpaired) electrons. The van der Waals surface area contributed by atoms with Crippen LogP contribution in [-0.4, -0.2) is 29.2 Å². The van der Waals surface area contributed by atoms with Crippen molar-refractivity contribution in [2.45, 2.75) is 38.5 Å². The van der Waals surface area contributed by atoms with Gasteiger partial charge in [-0.3, -0.25) is 0 Å². The van der Waals surface area contributed by atoms with Crippen LogP contribution < -0.4 is 10.2 Å². The van der Waals surface area contributed by atoms with Crippen molar-refractivity contribution in [3.05, 3.63) is 59.3 Å². The van der Waals surface area contributed by atoms with Gasteiger partial charge in [0.15, 0.2) is 0 Å². The quantitative estimate of drug-likeness (QED) is 0.843. The van der Waals surface area contributed by atoms with Crippen LogP contribution in [0.1, 0.15) is 37.0 Å². The van der Waals surface area contributed by atoms with Gasteiger partial charge in [-0.25, -0.2) is 13.8 Å². The summed E-state index contributed by atoms with van der Waals surface area (Å²) in [6.07, 6.45) is 2.93. The molecule has 3 rings (SSSR count). The predicted molar refractivity (Wildman–Crippen MR) is 93.3 cm³/mol. The van der Waals surface area contributed by atoms with E-state index in [0.717, 1.165) is 36.6 Å². The second-order valence-corrected chi connectivity index (χ2v) is 6.47. The molecular formula is C19H23F2N3O. The summed E-state index contributed by atoms with van der Waals surface area (Å²) in [6, 6.07) is 7.04. The van der Waals surface area contributed by atoms with E-state index >= 15 is 0 Å². The van der Waals surface area contributed by atoms with Gasteiger partial charge < -0.3 is 15.3 Å². The Morgan fingerprint density at radius 3 is 2.44 bits per heavy atom. The molecule has 0 unspecified atom stereocenters. The van der Waals surface area contributed by atoms with E-state index in [2.05, 4.69) is 15.2 Å². The van der Waals surface area contributed by atoms with Crippen LogP contribution >= 0.6 is 0 Å². The number of nitrogens with one attached hydrogen (secondary N) is 1. The van der Waals surface area contributed by atoms with E-state index in [9.17, 15) is 13.9 Å². The number of benzene rings is 1. The van der Waals surface area contributed by atoms with E-state index in [1.54, 1.807) is 13.1 Å².